The van der Waals surface area contributed by atoms with E-state index in [-0.39, 0.29) is 11.3 Å². The number of carbonyl (C=O) groups is 4. The van der Waals surface area contributed by atoms with Crippen molar-refractivity contribution in [2.24, 2.45) is 10.2 Å². The predicted molar refractivity (Wildman–Crippen MR) is 272 cm³/mol. The van der Waals surface area contributed by atoms with Crippen LogP contribution in [0.4, 0.5) is 21.9 Å². The predicted octanol–water partition coefficient (Wildman–Crippen LogP) is 13.7. The quantitative estimate of drug-likeness (QED) is 0.00621. The highest BCUT2D eigenvalue weighted by Crippen LogP contribution is 2.36. The van der Waals surface area contributed by atoms with Crippen LogP contribution in [0, 0.1) is 10.1 Å². The summed E-state index contributed by atoms with van der Waals surface area (Å²) in [5.41, 5.74) is 4.82. The van der Waals surface area contributed by atoms with Gasteiger partial charge in [-0.3, -0.25) is 10.1 Å². The van der Waals surface area contributed by atoms with Gasteiger partial charge < -0.3 is 33.5 Å². The zero-order valence-corrected chi connectivity index (χ0v) is 40.4. The Labute approximate surface area is 419 Å². The fourth-order valence-corrected chi connectivity index (χ4v) is 7.45. The summed E-state index contributed by atoms with van der Waals surface area (Å²) in [4.78, 5) is 58.3. The summed E-state index contributed by atoms with van der Waals surface area (Å²) in [6.07, 6.45) is 11.2. The van der Waals surface area contributed by atoms with Gasteiger partial charge in [-0.25, -0.2) is 19.2 Å². The standard InChI is InChI=1S/C56H61N3O13/c1-3-52(60)70-37-15-9-7-13-35-67-48-28-18-41(19-29-48)44-39-43(17-11-5-6-12-34-69-50-32-24-46(25-33-50)58-57-45-22-26-47(27-23-45)59(65)66)54(51(40-44)55(62)72-56(63)64)42-20-30-49(31-21-42)68-36-14-8-10-16-38-71-53(61)4-2/h3-4,18-33,39-40H,1-2,5-17,34-38H2,(H,63,64). The van der Waals surface area contributed by atoms with Crippen molar-refractivity contribution in [3.05, 3.63) is 156 Å². The minimum Gasteiger partial charge on any atom is -0.494 e. The van der Waals surface area contributed by atoms with Gasteiger partial charge in [-0.05, 0) is 165 Å². The van der Waals surface area contributed by atoms with Crippen LogP contribution in [-0.2, 0) is 30.2 Å². The van der Waals surface area contributed by atoms with Crippen LogP contribution < -0.4 is 14.2 Å². The molecule has 0 aliphatic carbocycles. The van der Waals surface area contributed by atoms with Gasteiger partial charge in [-0.15, -0.1) is 0 Å². The van der Waals surface area contributed by atoms with Crippen LogP contribution in [0.5, 0.6) is 17.2 Å². The largest absolute Gasteiger partial charge is 0.513 e. The maximum Gasteiger partial charge on any atom is 0.513 e. The Bertz CT molecular complexity index is 2580. The number of ether oxygens (including phenoxy) is 6. The average molecular weight is 984 g/mol. The lowest BCUT2D eigenvalue weighted by Crippen LogP contribution is -2.13. The maximum atomic E-state index is 13.7. The minimum atomic E-state index is -1.71. The van der Waals surface area contributed by atoms with Crippen molar-refractivity contribution in [2.75, 3.05) is 33.0 Å². The molecule has 0 amide bonds. The average Bonchev–Trinajstić information content (AvgIpc) is 3.39. The topological polar surface area (TPSA) is 212 Å². The number of rotatable bonds is 32. The third-order valence-electron chi connectivity index (χ3n) is 11.2. The number of nitro groups is 1. The van der Waals surface area contributed by atoms with Gasteiger partial charge in [0.25, 0.3) is 5.69 Å². The lowest BCUT2D eigenvalue weighted by atomic mass is 9.88. The monoisotopic (exact) mass is 983 g/mol. The van der Waals surface area contributed by atoms with Crippen LogP contribution in [0.2, 0.25) is 0 Å². The van der Waals surface area contributed by atoms with E-state index in [2.05, 4.69) is 23.4 Å². The number of carbonyl (C=O) groups excluding carboxylic acids is 3. The second-order valence-corrected chi connectivity index (χ2v) is 16.5. The molecule has 0 fully saturated rings. The number of hydrogen-bond donors (Lipinski definition) is 1. The van der Waals surface area contributed by atoms with Gasteiger partial charge in [0.05, 0.1) is 54.9 Å². The molecule has 0 aliphatic rings. The van der Waals surface area contributed by atoms with Crippen molar-refractivity contribution >= 4 is 41.1 Å². The van der Waals surface area contributed by atoms with E-state index < -0.39 is 29.0 Å². The number of azo groups is 1. The van der Waals surface area contributed by atoms with Gasteiger partial charge in [0.2, 0.25) is 0 Å². The van der Waals surface area contributed by atoms with Crippen molar-refractivity contribution in [1.82, 2.24) is 0 Å². The molecule has 16 nitrogen and oxygen atoms in total. The summed E-state index contributed by atoms with van der Waals surface area (Å²) >= 11 is 0. The first-order chi connectivity index (χ1) is 35.0. The Morgan fingerprint density at radius 3 is 1.39 bits per heavy atom. The molecular formula is C56H61N3O13. The van der Waals surface area contributed by atoms with Crippen molar-refractivity contribution in [3.63, 3.8) is 0 Å². The molecule has 378 valence electrons. The summed E-state index contributed by atoms with van der Waals surface area (Å²) in [6.45, 7) is 8.99. The normalized spacial score (nSPS) is 10.8. The van der Waals surface area contributed by atoms with Gasteiger partial charge in [-0.2, -0.15) is 10.2 Å². The first-order valence-corrected chi connectivity index (χ1v) is 24.1. The van der Waals surface area contributed by atoms with E-state index in [9.17, 15) is 34.4 Å². The van der Waals surface area contributed by atoms with E-state index in [0.29, 0.717) is 84.8 Å². The summed E-state index contributed by atoms with van der Waals surface area (Å²) < 4.78 is 32.8. The number of carboxylic acid groups (broad SMARTS) is 1. The molecule has 0 aliphatic heterocycles. The number of unbranched alkanes of at least 4 members (excludes halogenated alkanes) is 9. The van der Waals surface area contributed by atoms with Crippen LogP contribution in [0.3, 0.4) is 0 Å². The lowest BCUT2D eigenvalue weighted by Gasteiger charge is -2.18. The second kappa shape index (κ2) is 30.5. The first-order valence-electron chi connectivity index (χ1n) is 24.1. The van der Waals surface area contributed by atoms with Crippen molar-refractivity contribution in [2.45, 2.75) is 83.5 Å². The number of nitrogens with zero attached hydrogens (tertiary/aromatic N) is 3. The molecule has 0 heterocycles. The molecule has 16 heteroatoms. The zero-order valence-electron chi connectivity index (χ0n) is 40.4. The molecule has 1 N–H and O–H groups in total. The highest BCUT2D eigenvalue weighted by atomic mass is 16.7. The van der Waals surface area contributed by atoms with Crippen LogP contribution >= 0.6 is 0 Å². The number of non-ortho nitro benzene ring substituents is 1. The molecule has 5 aromatic rings. The van der Waals surface area contributed by atoms with Crippen molar-refractivity contribution in [1.29, 1.82) is 0 Å². The SMILES string of the molecule is C=CC(=O)OCCCCCCOc1ccc(-c2cc(CCCCCCOc3ccc(N=Nc4ccc([N+](=O)[O-])cc4)cc3)c(-c3ccc(OCCCCCCOC(=O)C=C)cc3)c(C(=O)OC(=O)O)c2)cc1. The molecule has 0 saturated heterocycles. The molecule has 0 saturated carbocycles. The highest BCUT2D eigenvalue weighted by Gasteiger charge is 2.22. The molecule has 0 unspecified atom stereocenters. The summed E-state index contributed by atoms with van der Waals surface area (Å²) in [6, 6.07) is 31.6. The summed E-state index contributed by atoms with van der Waals surface area (Å²) in [5, 5.41) is 28.8. The van der Waals surface area contributed by atoms with Crippen LogP contribution in [-0.4, -0.2) is 67.1 Å². The third-order valence-corrected chi connectivity index (χ3v) is 11.2. The van der Waals surface area contributed by atoms with Gasteiger partial charge in [-0.1, -0.05) is 56.3 Å². The molecule has 72 heavy (non-hydrogen) atoms. The van der Waals surface area contributed by atoms with Gasteiger partial charge in [0.15, 0.2) is 0 Å². The first kappa shape index (κ1) is 54.8. The van der Waals surface area contributed by atoms with Crippen LogP contribution in [0.25, 0.3) is 22.3 Å². The fraction of sp³-hybridized carbons (Fsp3) is 0.321. The van der Waals surface area contributed by atoms with Crippen LogP contribution in [0.15, 0.2) is 145 Å². The molecular weight excluding hydrogens is 923 g/mol. The molecule has 5 rings (SSSR count). The van der Waals surface area contributed by atoms with Crippen molar-refractivity contribution < 1.29 is 57.6 Å². The van der Waals surface area contributed by atoms with E-state index in [1.165, 1.54) is 24.3 Å². The molecule has 0 atom stereocenters. The van der Waals surface area contributed by atoms with Crippen LogP contribution in [0.1, 0.15) is 93.0 Å². The molecule has 0 radical (unpaired) electrons. The second-order valence-electron chi connectivity index (χ2n) is 16.5. The Balaban J connectivity index is 1.23. The Hall–Kier alpha value is -8.14. The summed E-state index contributed by atoms with van der Waals surface area (Å²) in [7, 11) is 0. The van der Waals surface area contributed by atoms with E-state index in [1.54, 1.807) is 30.3 Å². The van der Waals surface area contributed by atoms with Crippen molar-refractivity contribution in [3.8, 4) is 39.5 Å². The minimum absolute atomic E-state index is 0.0202. The van der Waals surface area contributed by atoms with E-state index in [4.69, 9.17) is 28.4 Å². The summed E-state index contributed by atoms with van der Waals surface area (Å²) in [5.74, 6) is 0.160. The fourth-order valence-electron chi connectivity index (χ4n) is 7.45. The molecule has 0 bridgehead atoms. The Morgan fingerprint density at radius 1 is 0.528 bits per heavy atom. The molecule has 5 aromatic carbocycles. The third kappa shape index (κ3) is 19.3. The maximum absolute atomic E-state index is 13.7. The number of hydrogen-bond acceptors (Lipinski definition) is 14. The number of esters is 3. The van der Waals surface area contributed by atoms with E-state index >= 15 is 0 Å². The zero-order chi connectivity index (χ0) is 51.3. The molecule has 0 spiro atoms. The number of nitro benzene ring substituents is 1. The molecule has 0 aromatic heterocycles. The number of aryl methyl sites for hydroxylation is 1. The van der Waals surface area contributed by atoms with E-state index in [0.717, 1.165) is 100 Å². The van der Waals surface area contributed by atoms with Gasteiger partial charge >= 0.3 is 24.1 Å². The number of benzene rings is 5. The Morgan fingerprint density at radius 2 is 0.944 bits per heavy atom. The van der Waals surface area contributed by atoms with E-state index in [1.807, 2.05) is 54.6 Å². The van der Waals surface area contributed by atoms with Gasteiger partial charge in [0.1, 0.15) is 17.2 Å². The van der Waals surface area contributed by atoms with Gasteiger partial charge in [0, 0.05) is 24.3 Å². The smallest absolute Gasteiger partial charge is 0.494 e. The lowest BCUT2D eigenvalue weighted by molar-refractivity contribution is -0.384. The highest BCUT2D eigenvalue weighted by molar-refractivity contribution is 6.03. The Kier molecular flexibility index (Phi) is 23.2.